The molecule has 0 amide bonds. The van der Waals surface area contributed by atoms with Gasteiger partial charge in [0.1, 0.15) is 4.38 Å². The highest BCUT2D eigenvalue weighted by Gasteiger charge is 2.16. The van der Waals surface area contributed by atoms with Gasteiger partial charge in [-0.1, -0.05) is 59.9 Å². The Morgan fingerprint density at radius 1 is 1.17 bits per heavy atom. The number of Topliss-reactive ketones (excluding diaryl/α,β-unsaturated/α-hetero) is 1. The smallest absolute Gasteiger partial charge is 0.175 e. The predicted molar refractivity (Wildman–Crippen MR) is 99.9 cm³/mol. The summed E-state index contributed by atoms with van der Waals surface area (Å²) >= 11 is 3.23. The van der Waals surface area contributed by atoms with Crippen LogP contribution in [0.25, 0.3) is 10.9 Å². The number of H-pyrrole nitrogens is 1. The largest absolute Gasteiger partial charge is 0.360 e. The number of ketones is 1. The van der Waals surface area contributed by atoms with Gasteiger partial charge >= 0.3 is 0 Å². The van der Waals surface area contributed by atoms with Crippen molar-refractivity contribution in [1.29, 1.82) is 0 Å². The first-order chi connectivity index (χ1) is 11.3. The van der Waals surface area contributed by atoms with Crippen LogP contribution in [0.1, 0.15) is 15.9 Å². The molecule has 0 unspecified atom stereocenters. The Balaban J connectivity index is 1.49. The molecule has 0 spiro atoms. The number of hydrogen-bond donors (Lipinski definition) is 1. The number of aliphatic imine (C=N–C) groups is 1. The summed E-state index contributed by atoms with van der Waals surface area (Å²) in [5.74, 6) is 1.47. The zero-order chi connectivity index (χ0) is 15.6. The highest BCUT2D eigenvalue weighted by Crippen LogP contribution is 2.34. The molecule has 0 atom stereocenters. The van der Waals surface area contributed by atoms with Gasteiger partial charge in [0, 0.05) is 28.4 Å². The Kier molecular flexibility index (Phi) is 3.97. The van der Waals surface area contributed by atoms with E-state index in [1.165, 1.54) is 17.3 Å². The van der Waals surface area contributed by atoms with Crippen LogP contribution in [-0.2, 0) is 5.75 Å². The number of hydrogen-bond acceptors (Lipinski definition) is 4. The summed E-state index contributed by atoms with van der Waals surface area (Å²) in [4.78, 5) is 20.3. The number of rotatable bonds is 3. The Morgan fingerprint density at radius 2 is 2.00 bits per heavy atom. The molecule has 5 heteroatoms. The summed E-state index contributed by atoms with van der Waals surface area (Å²) in [6, 6.07) is 16.0. The van der Waals surface area contributed by atoms with Crippen molar-refractivity contribution in [1.82, 2.24) is 4.98 Å². The lowest BCUT2D eigenvalue weighted by molar-refractivity contribution is 0.102. The lowest BCUT2D eigenvalue weighted by atomic mass is 10.1. The van der Waals surface area contributed by atoms with Crippen molar-refractivity contribution in [2.75, 3.05) is 5.75 Å². The summed E-state index contributed by atoms with van der Waals surface area (Å²) in [6.07, 6.45) is 1.80. The van der Waals surface area contributed by atoms with Crippen molar-refractivity contribution in [3.63, 3.8) is 0 Å². The number of nitrogens with one attached hydrogen (secondary N) is 1. The Hall–Kier alpha value is -1.98. The average molecular weight is 338 g/mol. The lowest BCUT2D eigenvalue weighted by Crippen LogP contribution is -2.05. The number of carbonyl (C=O) groups excluding carboxylic acids is 1. The Morgan fingerprint density at radius 3 is 2.96 bits per heavy atom. The van der Waals surface area contributed by atoms with Crippen LogP contribution in [0.2, 0.25) is 0 Å². The van der Waals surface area contributed by atoms with E-state index < -0.39 is 0 Å². The second kappa shape index (κ2) is 6.26. The van der Waals surface area contributed by atoms with Gasteiger partial charge in [-0.25, -0.2) is 4.99 Å². The maximum atomic E-state index is 12.5. The van der Waals surface area contributed by atoms with E-state index in [2.05, 4.69) is 16.0 Å². The second-order valence-electron chi connectivity index (χ2n) is 5.25. The fourth-order valence-corrected chi connectivity index (χ4v) is 4.54. The molecule has 0 fully saturated rings. The summed E-state index contributed by atoms with van der Waals surface area (Å²) in [6.45, 7) is 0. The number of aromatic nitrogens is 1. The van der Waals surface area contributed by atoms with E-state index in [0.717, 1.165) is 32.3 Å². The van der Waals surface area contributed by atoms with Crippen LogP contribution in [0.15, 0.2) is 59.7 Å². The van der Waals surface area contributed by atoms with Crippen molar-refractivity contribution in [3.8, 4) is 0 Å². The molecular formula is C18H14N2OS2. The summed E-state index contributed by atoms with van der Waals surface area (Å²) in [7, 11) is 0. The standard InChI is InChI=1S/C18H14N2OS2/c21-17(14-9-19-16-8-4-2-6-13(14)16)11-23-18-20-15-7-3-1-5-12(15)10-22-18/h1-9,19H,10-11H2. The molecule has 2 aromatic carbocycles. The molecule has 114 valence electrons. The lowest BCUT2D eigenvalue weighted by Gasteiger charge is -2.13. The SMILES string of the molecule is O=C(CSC1=Nc2ccccc2CS1)c1c[nH]c2ccccc12. The topological polar surface area (TPSA) is 45.2 Å². The van der Waals surface area contributed by atoms with Crippen molar-refractivity contribution >= 4 is 50.3 Å². The van der Waals surface area contributed by atoms with Crippen LogP contribution in [0.5, 0.6) is 0 Å². The first kappa shape index (κ1) is 14.6. The van der Waals surface area contributed by atoms with Gasteiger partial charge in [0.05, 0.1) is 11.4 Å². The van der Waals surface area contributed by atoms with E-state index in [4.69, 9.17) is 0 Å². The minimum absolute atomic E-state index is 0.134. The van der Waals surface area contributed by atoms with Crippen molar-refractivity contribution in [2.24, 2.45) is 4.99 Å². The van der Waals surface area contributed by atoms with E-state index in [1.54, 1.807) is 18.0 Å². The summed E-state index contributed by atoms with van der Waals surface area (Å²) < 4.78 is 0.969. The number of carbonyl (C=O) groups is 1. The van der Waals surface area contributed by atoms with Gasteiger partial charge in [-0.05, 0) is 17.7 Å². The average Bonchev–Trinajstić information content (AvgIpc) is 3.03. The molecule has 1 N–H and O–H groups in total. The first-order valence-electron chi connectivity index (χ1n) is 7.33. The third kappa shape index (κ3) is 2.94. The fourth-order valence-electron chi connectivity index (χ4n) is 2.59. The molecule has 0 bridgehead atoms. The Labute approximate surface area is 142 Å². The third-order valence-corrected chi connectivity index (χ3v) is 6.02. The first-order valence-corrected chi connectivity index (χ1v) is 9.30. The molecule has 1 aliphatic heterocycles. The van der Waals surface area contributed by atoms with Crippen LogP contribution in [-0.4, -0.2) is 20.9 Å². The van der Waals surface area contributed by atoms with E-state index >= 15 is 0 Å². The number of thioether (sulfide) groups is 2. The number of benzene rings is 2. The van der Waals surface area contributed by atoms with Gasteiger partial charge < -0.3 is 4.98 Å². The predicted octanol–water partition coefficient (Wildman–Crippen LogP) is 5.02. The summed E-state index contributed by atoms with van der Waals surface area (Å²) in [5.41, 5.74) is 4.03. The number of nitrogens with zero attached hydrogens (tertiary/aromatic N) is 1. The van der Waals surface area contributed by atoms with Crippen LogP contribution in [0, 0.1) is 0 Å². The van der Waals surface area contributed by atoms with Gasteiger partial charge in [-0.2, -0.15) is 0 Å². The molecule has 0 radical (unpaired) electrons. The van der Waals surface area contributed by atoms with E-state index in [0.29, 0.717) is 5.75 Å². The number of fused-ring (bicyclic) bond motifs is 2. The van der Waals surface area contributed by atoms with Crippen LogP contribution >= 0.6 is 23.5 Å². The van der Waals surface area contributed by atoms with E-state index in [9.17, 15) is 4.79 Å². The number of para-hydroxylation sites is 2. The summed E-state index contributed by atoms with van der Waals surface area (Å²) in [5, 5.41) is 0.988. The van der Waals surface area contributed by atoms with Crippen LogP contribution in [0.3, 0.4) is 0 Å². The second-order valence-corrected chi connectivity index (χ2v) is 7.44. The van der Waals surface area contributed by atoms with Crippen LogP contribution in [0.4, 0.5) is 5.69 Å². The van der Waals surface area contributed by atoms with Gasteiger partial charge in [0.25, 0.3) is 0 Å². The minimum atomic E-state index is 0.134. The quantitative estimate of drug-likeness (QED) is 0.682. The molecular weight excluding hydrogens is 324 g/mol. The molecule has 3 nitrogen and oxygen atoms in total. The van der Waals surface area contributed by atoms with Crippen molar-refractivity contribution in [2.45, 2.75) is 5.75 Å². The van der Waals surface area contributed by atoms with Gasteiger partial charge in [0.15, 0.2) is 5.78 Å². The Bertz CT molecular complexity index is 914. The van der Waals surface area contributed by atoms with Crippen molar-refractivity contribution in [3.05, 3.63) is 65.9 Å². The zero-order valence-electron chi connectivity index (χ0n) is 12.3. The number of aromatic amines is 1. The zero-order valence-corrected chi connectivity index (χ0v) is 13.9. The molecule has 4 rings (SSSR count). The monoisotopic (exact) mass is 338 g/mol. The minimum Gasteiger partial charge on any atom is -0.360 e. The molecule has 3 aromatic rings. The molecule has 2 heterocycles. The van der Waals surface area contributed by atoms with E-state index in [1.807, 2.05) is 42.5 Å². The normalized spacial score (nSPS) is 13.7. The van der Waals surface area contributed by atoms with Gasteiger partial charge in [0.2, 0.25) is 0 Å². The maximum Gasteiger partial charge on any atom is 0.175 e. The third-order valence-electron chi connectivity index (χ3n) is 3.77. The fraction of sp³-hybridized carbons (Fsp3) is 0.111. The molecule has 1 aromatic heterocycles. The van der Waals surface area contributed by atoms with Crippen LogP contribution < -0.4 is 0 Å². The molecule has 23 heavy (non-hydrogen) atoms. The highest BCUT2D eigenvalue weighted by molar-refractivity contribution is 8.38. The van der Waals surface area contributed by atoms with E-state index in [-0.39, 0.29) is 5.78 Å². The van der Waals surface area contributed by atoms with Crippen molar-refractivity contribution < 1.29 is 4.79 Å². The molecule has 0 saturated carbocycles. The maximum absolute atomic E-state index is 12.5. The highest BCUT2D eigenvalue weighted by atomic mass is 32.2. The van der Waals surface area contributed by atoms with Gasteiger partial charge in [-0.3, -0.25) is 4.79 Å². The molecule has 1 aliphatic rings. The molecule has 0 aliphatic carbocycles. The molecule has 0 saturated heterocycles. The van der Waals surface area contributed by atoms with Gasteiger partial charge in [-0.15, -0.1) is 0 Å².